The first kappa shape index (κ1) is 25.0. The molecule has 2 aliphatic heterocycles. The highest BCUT2D eigenvalue weighted by atomic mass is 35.5. The number of aromatic nitrogens is 2. The fourth-order valence-corrected chi connectivity index (χ4v) is 6.44. The van der Waals surface area contributed by atoms with E-state index in [1.807, 2.05) is 24.4 Å². The number of nitrogens with one attached hydrogen (secondary N) is 1. The Bertz CT molecular complexity index is 1430. The van der Waals surface area contributed by atoms with E-state index < -0.39 is 0 Å². The zero-order valence-electron chi connectivity index (χ0n) is 21.7. The first-order chi connectivity index (χ1) is 18.5. The van der Waals surface area contributed by atoms with Gasteiger partial charge in [0.15, 0.2) is 5.11 Å². The lowest BCUT2D eigenvalue weighted by molar-refractivity contribution is 0.438. The Morgan fingerprint density at radius 3 is 2.39 bits per heavy atom. The highest BCUT2D eigenvalue weighted by molar-refractivity contribution is 7.80. The summed E-state index contributed by atoms with van der Waals surface area (Å²) in [6, 6.07) is 27.0. The molecule has 7 heteroatoms. The molecular formula is C31H32ClN5S. The summed E-state index contributed by atoms with van der Waals surface area (Å²) in [5.41, 5.74) is 6.45. The van der Waals surface area contributed by atoms with E-state index in [4.69, 9.17) is 28.8 Å². The number of hydrogen-bond acceptors (Lipinski definition) is 3. The molecule has 2 unspecified atom stereocenters. The number of pyridine rings is 1. The smallest absolute Gasteiger partial charge is 0.174 e. The van der Waals surface area contributed by atoms with E-state index in [1.54, 1.807) is 0 Å². The van der Waals surface area contributed by atoms with Crippen LogP contribution in [0, 0.1) is 12.8 Å². The second-order valence-electron chi connectivity index (χ2n) is 10.4. The molecule has 0 saturated carbocycles. The maximum absolute atomic E-state index is 6.95. The Morgan fingerprint density at radius 1 is 0.921 bits per heavy atom. The van der Waals surface area contributed by atoms with Gasteiger partial charge in [0.25, 0.3) is 0 Å². The topological polar surface area (TPSA) is 36.3 Å². The van der Waals surface area contributed by atoms with Crippen LogP contribution in [-0.4, -0.2) is 27.8 Å². The summed E-state index contributed by atoms with van der Waals surface area (Å²) >= 11 is 12.9. The van der Waals surface area contributed by atoms with E-state index in [2.05, 4.69) is 94.2 Å². The van der Waals surface area contributed by atoms with Crippen LogP contribution in [0.2, 0.25) is 5.02 Å². The van der Waals surface area contributed by atoms with E-state index in [0.29, 0.717) is 5.11 Å². The number of hydrogen-bond donors (Lipinski definition) is 1. The third-order valence-corrected chi connectivity index (χ3v) is 8.47. The lowest BCUT2D eigenvalue weighted by Crippen LogP contribution is -2.33. The van der Waals surface area contributed by atoms with Gasteiger partial charge in [0.1, 0.15) is 6.04 Å². The van der Waals surface area contributed by atoms with Crippen molar-refractivity contribution >= 4 is 40.3 Å². The number of piperidine rings is 1. The summed E-state index contributed by atoms with van der Waals surface area (Å²) in [7, 11) is 0. The number of halogens is 1. The van der Waals surface area contributed by atoms with E-state index in [1.165, 1.54) is 12.8 Å². The molecule has 2 saturated heterocycles. The van der Waals surface area contributed by atoms with Gasteiger partial charge in [0, 0.05) is 42.0 Å². The van der Waals surface area contributed by atoms with Crippen LogP contribution in [-0.2, 0) is 0 Å². The normalized spacial score (nSPS) is 20.1. The number of aryl methyl sites for hydroxylation is 1. The first-order valence-corrected chi connectivity index (χ1v) is 14.1. The summed E-state index contributed by atoms with van der Waals surface area (Å²) in [6.07, 6.45) is 4.23. The second-order valence-corrected chi connectivity index (χ2v) is 11.2. The van der Waals surface area contributed by atoms with Crippen LogP contribution in [0.3, 0.4) is 0 Å². The Labute approximate surface area is 235 Å². The minimum absolute atomic E-state index is 0.121. The van der Waals surface area contributed by atoms with Gasteiger partial charge in [-0.3, -0.25) is 4.98 Å². The highest BCUT2D eigenvalue weighted by Gasteiger charge is 2.42. The number of para-hydroxylation sites is 1. The van der Waals surface area contributed by atoms with Crippen molar-refractivity contribution in [3.63, 3.8) is 0 Å². The molecule has 194 valence electrons. The number of thiocarbonyl (C=S) groups is 1. The van der Waals surface area contributed by atoms with Crippen molar-refractivity contribution in [2.45, 2.75) is 38.8 Å². The molecule has 0 radical (unpaired) electrons. The molecule has 0 bridgehead atoms. The van der Waals surface area contributed by atoms with Crippen LogP contribution in [0.5, 0.6) is 0 Å². The van der Waals surface area contributed by atoms with E-state index >= 15 is 0 Å². The second kappa shape index (κ2) is 10.4. The van der Waals surface area contributed by atoms with Crippen LogP contribution in [0.25, 0.3) is 5.69 Å². The average Bonchev–Trinajstić information content (AvgIpc) is 3.49. The van der Waals surface area contributed by atoms with Crippen molar-refractivity contribution in [2.24, 2.45) is 5.92 Å². The third-order valence-electron chi connectivity index (χ3n) is 7.86. The monoisotopic (exact) mass is 541 g/mol. The SMILES string of the molecule is Cc1ccc(C2C(c3ccccn3)NC(=S)N2c2ccc(N3CCC(C)CC3)c(Cl)c2)n1-c1ccccc1. The fraction of sp³-hybridized carbons (Fsp3) is 0.290. The van der Waals surface area contributed by atoms with E-state index in [0.717, 1.165) is 58.2 Å². The third kappa shape index (κ3) is 4.56. The standard InChI is InChI=1S/C31H32ClN5S/c1-21-15-18-35(19-16-21)27-14-12-24(20-25(27)32)37-30(29(34-31(37)38)26-10-6-7-17-33-26)28-13-11-22(2)36(28)23-8-4-3-5-9-23/h3-14,17,20-21,29-30H,15-16,18-19H2,1-2H3,(H,34,38). The molecule has 2 atom stereocenters. The van der Waals surface area contributed by atoms with Gasteiger partial charge in [0.05, 0.1) is 22.4 Å². The Balaban J connectivity index is 1.44. The molecule has 2 fully saturated rings. The summed E-state index contributed by atoms with van der Waals surface area (Å²) in [5, 5.41) is 5.01. The van der Waals surface area contributed by atoms with Crippen LogP contribution < -0.4 is 15.1 Å². The van der Waals surface area contributed by atoms with Gasteiger partial charge in [-0.1, -0.05) is 42.8 Å². The maximum atomic E-state index is 6.95. The largest absolute Gasteiger partial charge is 0.370 e. The van der Waals surface area contributed by atoms with Crippen LogP contribution in [0.4, 0.5) is 11.4 Å². The summed E-state index contributed by atoms with van der Waals surface area (Å²) in [5.74, 6) is 0.769. The van der Waals surface area contributed by atoms with Gasteiger partial charge in [-0.05, 0) is 92.5 Å². The first-order valence-electron chi connectivity index (χ1n) is 13.3. The molecule has 0 spiro atoms. The average molecular weight is 542 g/mol. The van der Waals surface area contributed by atoms with Crippen LogP contribution >= 0.6 is 23.8 Å². The molecule has 2 aromatic carbocycles. The summed E-state index contributed by atoms with van der Waals surface area (Å²) in [4.78, 5) is 9.33. The number of rotatable bonds is 5. The molecule has 0 amide bonds. The van der Waals surface area contributed by atoms with Gasteiger partial charge in [0.2, 0.25) is 0 Å². The number of anilines is 2. The van der Waals surface area contributed by atoms with Crippen molar-refractivity contribution in [1.82, 2.24) is 14.9 Å². The molecule has 4 heterocycles. The van der Waals surface area contributed by atoms with Crippen LogP contribution in [0.1, 0.15) is 48.9 Å². The minimum atomic E-state index is -0.123. The van der Waals surface area contributed by atoms with E-state index in [9.17, 15) is 0 Å². The predicted octanol–water partition coefficient (Wildman–Crippen LogP) is 7.25. The van der Waals surface area contributed by atoms with Gasteiger partial charge in [-0.25, -0.2) is 0 Å². The quantitative estimate of drug-likeness (QED) is 0.269. The lowest BCUT2D eigenvalue weighted by Gasteiger charge is -2.34. The van der Waals surface area contributed by atoms with Crippen molar-refractivity contribution in [3.8, 4) is 5.69 Å². The molecule has 38 heavy (non-hydrogen) atoms. The van der Waals surface area contributed by atoms with Crippen molar-refractivity contribution in [3.05, 3.63) is 107 Å². The summed E-state index contributed by atoms with van der Waals surface area (Å²) < 4.78 is 2.31. The zero-order valence-corrected chi connectivity index (χ0v) is 23.3. The predicted molar refractivity (Wildman–Crippen MR) is 161 cm³/mol. The molecule has 2 aliphatic rings. The van der Waals surface area contributed by atoms with Gasteiger partial charge < -0.3 is 19.7 Å². The van der Waals surface area contributed by atoms with Gasteiger partial charge in [-0.15, -0.1) is 0 Å². The molecule has 6 rings (SSSR count). The highest BCUT2D eigenvalue weighted by Crippen LogP contribution is 2.44. The Kier molecular flexibility index (Phi) is 6.85. The maximum Gasteiger partial charge on any atom is 0.174 e. The Morgan fingerprint density at radius 2 is 1.68 bits per heavy atom. The van der Waals surface area contributed by atoms with Gasteiger partial charge in [-0.2, -0.15) is 0 Å². The minimum Gasteiger partial charge on any atom is -0.370 e. The van der Waals surface area contributed by atoms with Crippen molar-refractivity contribution < 1.29 is 0 Å². The number of benzene rings is 2. The Hall–Kier alpha value is -3.35. The fourth-order valence-electron chi connectivity index (χ4n) is 5.80. The number of nitrogens with zero attached hydrogens (tertiary/aromatic N) is 4. The zero-order chi connectivity index (χ0) is 26.2. The molecule has 5 nitrogen and oxygen atoms in total. The van der Waals surface area contributed by atoms with Crippen molar-refractivity contribution in [2.75, 3.05) is 22.9 Å². The van der Waals surface area contributed by atoms with E-state index in [-0.39, 0.29) is 12.1 Å². The molecule has 4 aromatic rings. The lowest BCUT2D eigenvalue weighted by atomic mass is 9.98. The molecule has 0 aliphatic carbocycles. The van der Waals surface area contributed by atoms with Crippen molar-refractivity contribution in [1.29, 1.82) is 0 Å². The molecule has 2 aromatic heterocycles. The van der Waals surface area contributed by atoms with Crippen LogP contribution in [0.15, 0.2) is 85.1 Å². The molecule has 1 N–H and O–H groups in total. The summed E-state index contributed by atoms with van der Waals surface area (Å²) in [6.45, 7) is 6.55. The molecular weight excluding hydrogens is 510 g/mol. The van der Waals surface area contributed by atoms with Gasteiger partial charge >= 0.3 is 0 Å².